The van der Waals surface area contributed by atoms with Gasteiger partial charge >= 0.3 is 5.97 Å². The van der Waals surface area contributed by atoms with Crippen LogP contribution in [0.25, 0.3) is 5.69 Å². The first-order valence-electron chi connectivity index (χ1n) is 8.21. The molecule has 1 amide bonds. The molecule has 3 aromatic rings. The second-order valence-corrected chi connectivity index (χ2v) is 7.38. The van der Waals surface area contributed by atoms with E-state index in [-0.39, 0.29) is 12.5 Å². The molecule has 9 heteroatoms. The topological polar surface area (TPSA) is 77.3 Å². The lowest BCUT2D eigenvalue weighted by Crippen LogP contribution is -2.33. The highest BCUT2D eigenvalue weighted by Crippen LogP contribution is 2.22. The quantitative estimate of drug-likeness (QED) is 0.565. The van der Waals surface area contributed by atoms with Crippen LogP contribution in [0.5, 0.6) is 0 Å². The lowest BCUT2D eigenvalue weighted by Gasteiger charge is -2.20. The molecule has 1 aromatic carbocycles. The number of hydrogen-bond acceptors (Lipinski definition) is 6. The van der Waals surface area contributed by atoms with Crippen molar-refractivity contribution in [1.29, 1.82) is 0 Å². The minimum atomic E-state index is -0.552. The number of hydrogen-bond donors (Lipinski definition) is 0. The van der Waals surface area contributed by atoms with Gasteiger partial charge < -0.3 is 9.64 Å². The zero-order valence-corrected chi connectivity index (χ0v) is 16.1. The van der Waals surface area contributed by atoms with Crippen LogP contribution in [0.4, 0.5) is 0 Å². The number of thiophene rings is 1. The average Bonchev–Trinajstić information content (AvgIpc) is 3.36. The van der Waals surface area contributed by atoms with Crippen LogP contribution in [0.1, 0.15) is 22.2 Å². The van der Waals surface area contributed by atoms with Crippen molar-refractivity contribution in [2.24, 2.45) is 0 Å². The predicted octanol–water partition coefficient (Wildman–Crippen LogP) is 3.19. The summed E-state index contributed by atoms with van der Waals surface area (Å²) in [4.78, 5) is 31.0. The monoisotopic (exact) mass is 404 g/mol. The number of carbonyl (C=O) groups is 2. The molecule has 0 saturated heterocycles. The van der Waals surface area contributed by atoms with Crippen molar-refractivity contribution < 1.29 is 14.3 Å². The Bertz CT molecular complexity index is 909. The van der Waals surface area contributed by atoms with Gasteiger partial charge in [-0.2, -0.15) is 5.10 Å². The Kier molecular flexibility index (Phi) is 6.20. The van der Waals surface area contributed by atoms with E-state index in [1.807, 2.05) is 13.0 Å². The molecule has 0 spiro atoms. The first-order chi connectivity index (χ1) is 13.1. The highest BCUT2D eigenvalue weighted by molar-refractivity contribution is 7.16. The number of carbonyl (C=O) groups excluding carboxylic acids is 2. The fraction of sp³-hybridized carbons (Fsp3) is 0.222. The van der Waals surface area contributed by atoms with E-state index in [2.05, 4.69) is 10.1 Å². The number of nitrogens with zero attached hydrogens (tertiary/aromatic N) is 4. The third-order valence-electron chi connectivity index (χ3n) is 3.82. The Morgan fingerprint density at radius 3 is 2.59 bits per heavy atom. The first-order valence-corrected chi connectivity index (χ1v) is 9.40. The van der Waals surface area contributed by atoms with Crippen LogP contribution in [0.3, 0.4) is 0 Å². The predicted molar refractivity (Wildman–Crippen MR) is 102 cm³/mol. The molecule has 2 aromatic heterocycles. The molecular formula is C18H17ClN4O3S. The Hall–Kier alpha value is -2.71. The van der Waals surface area contributed by atoms with Gasteiger partial charge in [0.15, 0.2) is 6.61 Å². The van der Waals surface area contributed by atoms with Crippen molar-refractivity contribution in [2.75, 3.05) is 13.2 Å². The minimum Gasteiger partial charge on any atom is -0.452 e. The van der Waals surface area contributed by atoms with Crippen molar-refractivity contribution >= 4 is 34.8 Å². The van der Waals surface area contributed by atoms with Gasteiger partial charge in [0.1, 0.15) is 12.7 Å². The van der Waals surface area contributed by atoms with E-state index in [0.717, 1.165) is 10.6 Å². The summed E-state index contributed by atoms with van der Waals surface area (Å²) in [6.45, 7) is 2.52. The number of benzene rings is 1. The summed E-state index contributed by atoms with van der Waals surface area (Å²) in [7, 11) is 0. The molecule has 0 unspecified atom stereocenters. The van der Waals surface area contributed by atoms with E-state index in [4.69, 9.17) is 16.3 Å². The normalized spacial score (nSPS) is 10.6. The Morgan fingerprint density at radius 2 is 2.00 bits per heavy atom. The van der Waals surface area contributed by atoms with Gasteiger partial charge in [-0.1, -0.05) is 11.6 Å². The van der Waals surface area contributed by atoms with Gasteiger partial charge in [-0.25, -0.2) is 14.5 Å². The second-order valence-electron chi connectivity index (χ2n) is 5.58. The maximum Gasteiger partial charge on any atom is 0.338 e. The highest BCUT2D eigenvalue weighted by atomic mass is 35.5. The van der Waals surface area contributed by atoms with E-state index >= 15 is 0 Å². The molecule has 0 fully saturated rings. The molecule has 140 valence electrons. The van der Waals surface area contributed by atoms with Crippen LogP contribution in [0.2, 0.25) is 4.34 Å². The molecule has 0 N–H and O–H groups in total. The minimum absolute atomic E-state index is 0.255. The van der Waals surface area contributed by atoms with E-state index in [9.17, 15) is 9.59 Å². The van der Waals surface area contributed by atoms with E-state index < -0.39 is 5.97 Å². The van der Waals surface area contributed by atoms with Crippen molar-refractivity contribution in [3.05, 3.63) is 63.8 Å². The Morgan fingerprint density at radius 1 is 1.22 bits per heavy atom. The number of rotatable bonds is 7. The maximum atomic E-state index is 12.3. The lowest BCUT2D eigenvalue weighted by molar-refractivity contribution is -0.134. The zero-order chi connectivity index (χ0) is 19.2. The van der Waals surface area contributed by atoms with Crippen molar-refractivity contribution in [1.82, 2.24) is 19.7 Å². The van der Waals surface area contributed by atoms with Gasteiger partial charge in [-0.15, -0.1) is 11.3 Å². The molecule has 0 atom stereocenters. The lowest BCUT2D eigenvalue weighted by atomic mass is 10.2. The molecule has 0 aliphatic heterocycles. The fourth-order valence-electron chi connectivity index (χ4n) is 2.39. The van der Waals surface area contributed by atoms with E-state index in [0.29, 0.717) is 23.0 Å². The Labute approximate surface area is 165 Å². The van der Waals surface area contributed by atoms with Crippen LogP contribution < -0.4 is 0 Å². The third kappa shape index (κ3) is 4.93. The summed E-state index contributed by atoms with van der Waals surface area (Å²) < 4.78 is 7.41. The molecule has 0 bridgehead atoms. The summed E-state index contributed by atoms with van der Waals surface area (Å²) in [5.74, 6) is -0.807. The molecule has 3 rings (SSSR count). The molecular weight excluding hydrogens is 388 g/mol. The molecule has 0 radical (unpaired) electrons. The van der Waals surface area contributed by atoms with Crippen LogP contribution >= 0.6 is 22.9 Å². The molecule has 2 heterocycles. The molecule has 7 nitrogen and oxygen atoms in total. The molecule has 0 aliphatic rings. The summed E-state index contributed by atoms with van der Waals surface area (Å²) in [6.07, 6.45) is 2.99. The van der Waals surface area contributed by atoms with Gasteiger partial charge in [-0.3, -0.25) is 4.79 Å². The van der Waals surface area contributed by atoms with Crippen LogP contribution in [-0.2, 0) is 16.1 Å². The van der Waals surface area contributed by atoms with Crippen molar-refractivity contribution in [2.45, 2.75) is 13.5 Å². The largest absolute Gasteiger partial charge is 0.452 e. The number of ether oxygens (including phenoxy) is 1. The van der Waals surface area contributed by atoms with Gasteiger partial charge in [0.2, 0.25) is 0 Å². The van der Waals surface area contributed by atoms with Crippen LogP contribution in [-0.4, -0.2) is 44.7 Å². The van der Waals surface area contributed by atoms with Crippen LogP contribution in [0.15, 0.2) is 49.1 Å². The summed E-state index contributed by atoms with van der Waals surface area (Å²) in [5, 5.41) is 4.02. The zero-order valence-electron chi connectivity index (χ0n) is 14.5. The number of halogens is 1. The first kappa shape index (κ1) is 19.1. The van der Waals surface area contributed by atoms with E-state index in [1.165, 1.54) is 17.7 Å². The van der Waals surface area contributed by atoms with Crippen LogP contribution in [0, 0.1) is 0 Å². The second kappa shape index (κ2) is 8.79. The van der Waals surface area contributed by atoms with Crippen molar-refractivity contribution in [3.8, 4) is 5.69 Å². The van der Waals surface area contributed by atoms with Gasteiger partial charge in [0.05, 0.1) is 22.1 Å². The SMILES string of the molecule is CCN(Cc1ccc(Cl)s1)C(=O)COC(=O)c1ccc(-n2cncn2)cc1. The summed E-state index contributed by atoms with van der Waals surface area (Å²) in [5.41, 5.74) is 1.13. The number of aromatic nitrogens is 3. The Balaban J connectivity index is 1.55. The number of esters is 1. The van der Waals surface area contributed by atoms with Gasteiger partial charge in [0.25, 0.3) is 5.91 Å². The maximum absolute atomic E-state index is 12.3. The number of amides is 1. The number of likely N-dealkylation sites (N-methyl/N-ethyl adjacent to an activating group) is 1. The molecule has 0 saturated carbocycles. The smallest absolute Gasteiger partial charge is 0.338 e. The summed E-state index contributed by atoms with van der Waals surface area (Å²) >= 11 is 7.34. The van der Waals surface area contributed by atoms with Gasteiger partial charge in [-0.05, 0) is 43.3 Å². The van der Waals surface area contributed by atoms with Crippen molar-refractivity contribution in [3.63, 3.8) is 0 Å². The molecule has 0 aliphatic carbocycles. The standard InChI is InChI=1S/C18H17ClN4O3S/c1-2-22(9-15-7-8-16(19)27-15)17(24)10-26-18(25)13-3-5-14(6-4-13)23-12-20-11-21-23/h3-8,11-12H,2,9-10H2,1H3. The highest BCUT2D eigenvalue weighted by Gasteiger charge is 2.16. The average molecular weight is 405 g/mol. The third-order valence-corrected chi connectivity index (χ3v) is 5.04. The molecule has 27 heavy (non-hydrogen) atoms. The van der Waals surface area contributed by atoms with Gasteiger partial charge in [0, 0.05) is 11.4 Å². The fourth-order valence-corrected chi connectivity index (χ4v) is 3.50. The summed E-state index contributed by atoms with van der Waals surface area (Å²) in [6, 6.07) is 10.4. The van der Waals surface area contributed by atoms with E-state index in [1.54, 1.807) is 46.2 Å².